The van der Waals surface area contributed by atoms with Crippen molar-refractivity contribution in [3.63, 3.8) is 0 Å². The molecule has 0 amide bonds. The number of Topliss-reactive ketones (excluding diaryl/α,β-unsaturated/α-hetero) is 1. The number of nitrogens with zero attached hydrogens (tertiary/aromatic N) is 1. The van der Waals surface area contributed by atoms with Crippen molar-refractivity contribution in [1.29, 1.82) is 0 Å². The van der Waals surface area contributed by atoms with Gasteiger partial charge >= 0.3 is 5.97 Å². The molecule has 1 fully saturated rings. The van der Waals surface area contributed by atoms with Gasteiger partial charge in [-0.2, -0.15) is 4.31 Å². The number of halogens is 1. The Kier molecular flexibility index (Phi) is 7.25. The van der Waals surface area contributed by atoms with E-state index in [0.717, 1.165) is 12.0 Å². The van der Waals surface area contributed by atoms with Crippen LogP contribution in [0.15, 0.2) is 47.4 Å². The summed E-state index contributed by atoms with van der Waals surface area (Å²) in [6, 6.07) is 10.9. The molecule has 160 valence electrons. The summed E-state index contributed by atoms with van der Waals surface area (Å²) in [5, 5.41) is 0.0423. The lowest BCUT2D eigenvalue weighted by Gasteiger charge is -2.26. The molecule has 1 aliphatic rings. The van der Waals surface area contributed by atoms with Gasteiger partial charge in [0.05, 0.1) is 28.7 Å². The Morgan fingerprint density at radius 2 is 1.77 bits per heavy atom. The fraction of sp³-hybridized carbons (Fsp3) is 0.333. The van der Waals surface area contributed by atoms with Gasteiger partial charge in [0, 0.05) is 18.7 Å². The van der Waals surface area contributed by atoms with Crippen molar-refractivity contribution in [2.45, 2.75) is 18.2 Å². The number of ketones is 1. The molecule has 3 rings (SSSR count). The van der Waals surface area contributed by atoms with Crippen LogP contribution in [0.25, 0.3) is 0 Å². The largest absolute Gasteiger partial charge is 0.454 e. The van der Waals surface area contributed by atoms with Crippen LogP contribution >= 0.6 is 11.6 Å². The number of aryl methyl sites for hydroxylation is 1. The van der Waals surface area contributed by atoms with Gasteiger partial charge < -0.3 is 9.47 Å². The van der Waals surface area contributed by atoms with E-state index >= 15 is 0 Å². The van der Waals surface area contributed by atoms with E-state index in [4.69, 9.17) is 21.1 Å². The van der Waals surface area contributed by atoms with Crippen molar-refractivity contribution < 1.29 is 27.5 Å². The van der Waals surface area contributed by atoms with E-state index in [-0.39, 0.29) is 34.4 Å². The van der Waals surface area contributed by atoms with E-state index in [0.29, 0.717) is 18.8 Å². The second-order valence-electron chi connectivity index (χ2n) is 6.71. The van der Waals surface area contributed by atoms with Gasteiger partial charge in [-0.1, -0.05) is 42.8 Å². The van der Waals surface area contributed by atoms with Crippen molar-refractivity contribution in [3.05, 3.63) is 64.2 Å². The zero-order valence-electron chi connectivity index (χ0n) is 16.5. The molecule has 1 heterocycles. The number of benzene rings is 2. The van der Waals surface area contributed by atoms with Gasteiger partial charge in [-0.05, 0) is 30.2 Å². The lowest BCUT2D eigenvalue weighted by atomic mass is 10.1. The predicted molar refractivity (Wildman–Crippen MR) is 111 cm³/mol. The van der Waals surface area contributed by atoms with E-state index in [1.54, 1.807) is 12.1 Å². The van der Waals surface area contributed by atoms with Crippen molar-refractivity contribution in [2.75, 3.05) is 32.9 Å². The van der Waals surface area contributed by atoms with Gasteiger partial charge in [-0.15, -0.1) is 0 Å². The molecule has 0 atom stereocenters. The molecule has 30 heavy (non-hydrogen) atoms. The maximum Gasteiger partial charge on any atom is 0.340 e. The Morgan fingerprint density at radius 3 is 2.40 bits per heavy atom. The van der Waals surface area contributed by atoms with Crippen LogP contribution in [0.5, 0.6) is 0 Å². The maximum absolute atomic E-state index is 12.8. The standard InChI is InChI=1S/C21H22ClNO6S/c1-2-15-3-5-16(6-4-15)20(24)14-29-21(25)18-13-17(7-8-19(18)22)30(26,27)23-9-11-28-12-10-23/h3-8,13H,2,9-12,14H2,1H3. The van der Waals surface area contributed by atoms with E-state index in [1.165, 1.54) is 22.5 Å². The van der Waals surface area contributed by atoms with E-state index in [2.05, 4.69) is 0 Å². The summed E-state index contributed by atoms with van der Waals surface area (Å²) in [5.74, 6) is -1.23. The van der Waals surface area contributed by atoms with Crippen LogP contribution in [0.4, 0.5) is 0 Å². The molecule has 0 radical (unpaired) electrons. The topological polar surface area (TPSA) is 90.0 Å². The summed E-state index contributed by atoms with van der Waals surface area (Å²) in [6.07, 6.45) is 0.853. The van der Waals surface area contributed by atoms with Gasteiger partial charge in [0.25, 0.3) is 0 Å². The lowest BCUT2D eigenvalue weighted by molar-refractivity contribution is 0.0474. The van der Waals surface area contributed by atoms with Crippen LogP contribution in [0.1, 0.15) is 33.2 Å². The second kappa shape index (κ2) is 9.70. The van der Waals surface area contributed by atoms with Gasteiger partial charge in [0.2, 0.25) is 10.0 Å². The van der Waals surface area contributed by atoms with Crippen LogP contribution in [0.2, 0.25) is 5.02 Å². The number of carbonyl (C=O) groups is 2. The smallest absolute Gasteiger partial charge is 0.340 e. The van der Waals surface area contributed by atoms with E-state index in [1.807, 2.05) is 19.1 Å². The van der Waals surface area contributed by atoms with Crippen molar-refractivity contribution >= 4 is 33.4 Å². The highest BCUT2D eigenvalue weighted by atomic mass is 35.5. The first-order chi connectivity index (χ1) is 14.3. The highest BCUT2D eigenvalue weighted by molar-refractivity contribution is 7.89. The summed E-state index contributed by atoms with van der Waals surface area (Å²) in [7, 11) is -3.80. The molecule has 0 saturated carbocycles. The Balaban J connectivity index is 1.72. The van der Waals surface area contributed by atoms with E-state index in [9.17, 15) is 18.0 Å². The Hall–Kier alpha value is -2.26. The molecule has 0 aromatic heterocycles. The number of carbonyl (C=O) groups excluding carboxylic acids is 2. The summed E-state index contributed by atoms with van der Waals surface area (Å²) in [4.78, 5) is 24.7. The third-order valence-electron chi connectivity index (χ3n) is 4.78. The molecule has 0 bridgehead atoms. The average Bonchev–Trinajstić information content (AvgIpc) is 2.78. The first kappa shape index (κ1) is 22.4. The molecule has 1 aliphatic heterocycles. The van der Waals surface area contributed by atoms with E-state index < -0.39 is 22.6 Å². The SMILES string of the molecule is CCc1ccc(C(=O)COC(=O)c2cc(S(=O)(=O)N3CCOCC3)ccc2Cl)cc1. The van der Waals surface area contributed by atoms with Crippen molar-refractivity contribution in [2.24, 2.45) is 0 Å². The fourth-order valence-electron chi connectivity index (χ4n) is 2.98. The van der Waals surface area contributed by atoms with Crippen LogP contribution in [0.3, 0.4) is 0 Å². The third kappa shape index (κ3) is 5.07. The summed E-state index contributed by atoms with van der Waals surface area (Å²) in [6.45, 7) is 2.62. The van der Waals surface area contributed by atoms with Gasteiger partial charge in [-0.3, -0.25) is 4.79 Å². The molecule has 0 unspecified atom stereocenters. The molecule has 1 saturated heterocycles. The predicted octanol–water partition coefficient (Wildman–Crippen LogP) is 2.96. The van der Waals surface area contributed by atoms with Gasteiger partial charge in [-0.25, -0.2) is 13.2 Å². The number of esters is 1. The molecule has 2 aromatic rings. The highest BCUT2D eigenvalue weighted by Crippen LogP contribution is 2.24. The summed E-state index contributed by atoms with van der Waals surface area (Å²) < 4.78 is 37.2. The fourth-order valence-corrected chi connectivity index (χ4v) is 4.61. The maximum atomic E-state index is 12.8. The minimum atomic E-state index is -3.80. The van der Waals surface area contributed by atoms with Crippen LogP contribution < -0.4 is 0 Å². The number of rotatable bonds is 7. The molecular formula is C21H22ClNO6S. The Bertz CT molecular complexity index is 1030. The van der Waals surface area contributed by atoms with Gasteiger partial charge in [0.15, 0.2) is 12.4 Å². The second-order valence-corrected chi connectivity index (χ2v) is 9.05. The zero-order valence-corrected chi connectivity index (χ0v) is 18.0. The highest BCUT2D eigenvalue weighted by Gasteiger charge is 2.28. The van der Waals surface area contributed by atoms with Crippen LogP contribution in [-0.2, 0) is 25.9 Å². The molecule has 0 aliphatic carbocycles. The lowest BCUT2D eigenvalue weighted by Crippen LogP contribution is -2.40. The quantitative estimate of drug-likeness (QED) is 0.475. The number of ether oxygens (including phenoxy) is 2. The normalized spacial score (nSPS) is 15.0. The zero-order chi connectivity index (χ0) is 21.7. The summed E-state index contributed by atoms with van der Waals surface area (Å²) in [5.41, 5.74) is 1.41. The van der Waals surface area contributed by atoms with Crippen molar-refractivity contribution in [1.82, 2.24) is 4.31 Å². The van der Waals surface area contributed by atoms with Crippen molar-refractivity contribution in [3.8, 4) is 0 Å². The number of sulfonamides is 1. The molecule has 7 nitrogen and oxygen atoms in total. The van der Waals surface area contributed by atoms with Gasteiger partial charge in [0.1, 0.15) is 0 Å². The Labute approximate surface area is 180 Å². The first-order valence-corrected chi connectivity index (χ1v) is 11.3. The molecule has 0 N–H and O–H groups in total. The molecule has 9 heteroatoms. The first-order valence-electron chi connectivity index (χ1n) is 9.49. The molecular weight excluding hydrogens is 430 g/mol. The number of hydrogen-bond donors (Lipinski definition) is 0. The summed E-state index contributed by atoms with van der Waals surface area (Å²) >= 11 is 6.08. The molecule has 2 aromatic carbocycles. The number of hydrogen-bond acceptors (Lipinski definition) is 6. The average molecular weight is 452 g/mol. The number of morpholine rings is 1. The Morgan fingerprint density at radius 1 is 1.10 bits per heavy atom. The monoisotopic (exact) mass is 451 g/mol. The minimum Gasteiger partial charge on any atom is -0.454 e. The third-order valence-corrected chi connectivity index (χ3v) is 7.01. The minimum absolute atomic E-state index is 0.0423. The van der Waals surface area contributed by atoms with Crippen LogP contribution in [-0.4, -0.2) is 57.4 Å². The van der Waals surface area contributed by atoms with Crippen LogP contribution in [0, 0.1) is 0 Å². The molecule has 0 spiro atoms.